The van der Waals surface area contributed by atoms with Crippen molar-refractivity contribution in [1.29, 1.82) is 0 Å². The van der Waals surface area contributed by atoms with Crippen LogP contribution in [0.4, 0.5) is 4.79 Å². The van der Waals surface area contributed by atoms with Gasteiger partial charge in [-0.1, -0.05) is 11.5 Å². The third-order valence-corrected chi connectivity index (χ3v) is 5.84. The molecule has 3 rings (SSSR count). The molecule has 0 spiro atoms. The number of carbonyl (C=O) groups is 4. The molecule has 3 aliphatic heterocycles. The van der Waals surface area contributed by atoms with Crippen molar-refractivity contribution >= 4 is 35.6 Å². The van der Waals surface area contributed by atoms with E-state index in [0.717, 1.165) is 18.6 Å². The number of aliphatic hydroxyl groups excluding tert-OH is 1. The first-order chi connectivity index (χ1) is 11.5. The number of nitrogens with zero attached hydrogens (tertiary/aromatic N) is 1. The lowest BCUT2D eigenvalue weighted by molar-refractivity contribution is -0.198. The van der Waals surface area contributed by atoms with E-state index in [0.29, 0.717) is 16.7 Å². The number of hydrogen-bond acceptors (Lipinski definition) is 7. The average Bonchev–Trinajstić information content (AvgIpc) is 3.14. The summed E-state index contributed by atoms with van der Waals surface area (Å²) in [6.07, 6.45) is 0.509. The average molecular weight is 357 g/mol. The summed E-state index contributed by atoms with van der Waals surface area (Å²) in [5.41, 5.74) is 0. The number of amides is 4. The van der Waals surface area contributed by atoms with Crippen LogP contribution in [0.15, 0.2) is 0 Å². The molecule has 0 aromatic rings. The van der Waals surface area contributed by atoms with Crippen LogP contribution in [0.1, 0.15) is 32.1 Å². The molecule has 0 aromatic heterocycles. The lowest BCUT2D eigenvalue weighted by Gasteiger charge is -2.16. The van der Waals surface area contributed by atoms with Crippen molar-refractivity contribution in [3.05, 3.63) is 0 Å². The molecular formula is C14H19N3O6S. The van der Waals surface area contributed by atoms with Crippen LogP contribution in [-0.4, -0.2) is 63.2 Å². The minimum absolute atomic E-state index is 0.0866. The van der Waals surface area contributed by atoms with Crippen molar-refractivity contribution in [3.8, 4) is 0 Å². The van der Waals surface area contributed by atoms with Gasteiger partial charge in [-0.15, -0.1) is 0 Å². The molecule has 4 atom stereocenters. The lowest BCUT2D eigenvalue weighted by atomic mass is 10.0. The first kappa shape index (κ1) is 17.0. The molecule has 0 saturated carbocycles. The number of imide groups is 1. The Kier molecular flexibility index (Phi) is 4.95. The molecule has 0 aliphatic carbocycles. The van der Waals surface area contributed by atoms with Gasteiger partial charge < -0.3 is 20.6 Å². The maximum atomic E-state index is 11.7. The fourth-order valence-corrected chi connectivity index (χ4v) is 4.64. The Bertz CT molecular complexity index is 571. The van der Waals surface area contributed by atoms with Crippen molar-refractivity contribution in [3.63, 3.8) is 0 Å². The smallest absolute Gasteiger partial charge is 0.333 e. The maximum absolute atomic E-state index is 11.7. The Morgan fingerprint density at radius 2 is 2.08 bits per heavy atom. The van der Waals surface area contributed by atoms with Crippen LogP contribution >= 0.6 is 11.8 Å². The standard InChI is InChI=1S/C14H19N3O6S/c18-8-5-10(19)17(13(8)21)23-11(20)4-2-1-3-9-12-7(6-24-9)15-14(22)16-12/h7-9,12,18H,1-6H2,(H2,15,16,22)/t7-,8?,9-,12-/m0/s1. The van der Waals surface area contributed by atoms with E-state index < -0.39 is 23.9 Å². The third-order valence-electron chi connectivity index (χ3n) is 4.33. The number of rotatable bonds is 6. The predicted octanol–water partition coefficient (Wildman–Crippen LogP) is -0.710. The Balaban J connectivity index is 1.35. The van der Waals surface area contributed by atoms with Gasteiger partial charge >= 0.3 is 12.0 Å². The van der Waals surface area contributed by atoms with Crippen LogP contribution in [0, 0.1) is 0 Å². The van der Waals surface area contributed by atoms with Gasteiger partial charge in [0.1, 0.15) is 6.10 Å². The molecule has 10 heteroatoms. The number of hydrogen-bond donors (Lipinski definition) is 3. The molecule has 3 N–H and O–H groups in total. The number of unbranched alkanes of at least 4 members (excludes halogenated alkanes) is 1. The highest BCUT2D eigenvalue weighted by Crippen LogP contribution is 2.33. The molecule has 3 heterocycles. The van der Waals surface area contributed by atoms with Crippen LogP contribution in [0.5, 0.6) is 0 Å². The van der Waals surface area contributed by atoms with Gasteiger partial charge in [0.05, 0.1) is 18.5 Å². The monoisotopic (exact) mass is 357 g/mol. The summed E-state index contributed by atoms with van der Waals surface area (Å²) in [5, 5.41) is 15.7. The number of fused-ring (bicyclic) bond motifs is 1. The lowest BCUT2D eigenvalue weighted by Crippen LogP contribution is -2.36. The minimum Gasteiger partial charge on any atom is -0.383 e. The van der Waals surface area contributed by atoms with Gasteiger partial charge in [0, 0.05) is 17.4 Å². The van der Waals surface area contributed by atoms with Crippen molar-refractivity contribution in [2.45, 2.75) is 55.5 Å². The highest BCUT2D eigenvalue weighted by molar-refractivity contribution is 8.00. The van der Waals surface area contributed by atoms with E-state index in [2.05, 4.69) is 10.6 Å². The van der Waals surface area contributed by atoms with Crippen LogP contribution < -0.4 is 10.6 Å². The number of hydroxylamine groups is 2. The topological polar surface area (TPSA) is 125 Å². The number of aliphatic hydroxyl groups is 1. The first-order valence-electron chi connectivity index (χ1n) is 7.90. The predicted molar refractivity (Wildman–Crippen MR) is 82.5 cm³/mol. The van der Waals surface area contributed by atoms with E-state index in [4.69, 9.17) is 4.84 Å². The fraction of sp³-hybridized carbons (Fsp3) is 0.714. The number of thioether (sulfide) groups is 1. The summed E-state index contributed by atoms with van der Waals surface area (Å²) in [6.45, 7) is 0. The largest absolute Gasteiger partial charge is 0.383 e. The van der Waals surface area contributed by atoms with Gasteiger partial charge in [-0.25, -0.2) is 9.59 Å². The molecule has 1 unspecified atom stereocenters. The molecule has 132 valence electrons. The molecule has 4 amide bonds. The van der Waals surface area contributed by atoms with Gasteiger partial charge in [-0.05, 0) is 12.8 Å². The Labute approximate surface area is 142 Å². The zero-order valence-electron chi connectivity index (χ0n) is 12.9. The van der Waals surface area contributed by atoms with Gasteiger partial charge in [0.15, 0.2) is 0 Å². The summed E-state index contributed by atoms with van der Waals surface area (Å²) in [5.74, 6) is -1.39. The normalized spacial score (nSPS) is 31.9. The van der Waals surface area contributed by atoms with Crippen LogP contribution in [0.2, 0.25) is 0 Å². The van der Waals surface area contributed by atoms with E-state index in [1.807, 2.05) is 0 Å². The summed E-state index contributed by atoms with van der Waals surface area (Å²) < 4.78 is 0. The Morgan fingerprint density at radius 1 is 1.29 bits per heavy atom. The van der Waals surface area contributed by atoms with Gasteiger partial charge in [0.25, 0.3) is 11.8 Å². The molecule has 9 nitrogen and oxygen atoms in total. The second-order valence-corrected chi connectivity index (χ2v) is 7.35. The SMILES string of the molecule is O=C1N[C@H]2[C@H](CS[C@H]2CCCCC(=O)ON2C(=O)CC(O)C2=O)N1. The van der Waals surface area contributed by atoms with Crippen molar-refractivity contribution in [1.82, 2.24) is 15.7 Å². The summed E-state index contributed by atoms with van der Waals surface area (Å²) >= 11 is 1.80. The molecule has 0 aromatic carbocycles. The zero-order valence-corrected chi connectivity index (χ0v) is 13.7. The van der Waals surface area contributed by atoms with Crippen LogP contribution in [0.25, 0.3) is 0 Å². The third kappa shape index (κ3) is 3.48. The molecular weight excluding hydrogens is 338 g/mol. The van der Waals surface area contributed by atoms with Crippen LogP contribution in [0.3, 0.4) is 0 Å². The Hall–Kier alpha value is -1.81. The second kappa shape index (κ2) is 6.98. The summed E-state index contributed by atoms with van der Waals surface area (Å²) in [4.78, 5) is 50.5. The van der Waals surface area contributed by atoms with Crippen molar-refractivity contribution in [2.75, 3.05) is 5.75 Å². The number of urea groups is 1. The van der Waals surface area contributed by atoms with E-state index in [1.165, 1.54) is 0 Å². The molecule has 3 fully saturated rings. The summed E-state index contributed by atoms with van der Waals surface area (Å²) in [7, 11) is 0. The minimum atomic E-state index is -1.42. The fourth-order valence-electron chi connectivity index (χ4n) is 3.10. The molecule has 24 heavy (non-hydrogen) atoms. The molecule has 3 saturated heterocycles. The van der Waals surface area contributed by atoms with Crippen LogP contribution in [-0.2, 0) is 19.2 Å². The Morgan fingerprint density at radius 3 is 2.79 bits per heavy atom. The molecule has 0 bridgehead atoms. The van der Waals surface area contributed by atoms with Gasteiger partial charge in [0.2, 0.25) is 0 Å². The van der Waals surface area contributed by atoms with Crippen molar-refractivity contribution < 1.29 is 29.1 Å². The molecule has 3 aliphatic rings. The zero-order chi connectivity index (χ0) is 17.3. The highest BCUT2D eigenvalue weighted by atomic mass is 32.2. The number of nitrogens with one attached hydrogen (secondary N) is 2. The maximum Gasteiger partial charge on any atom is 0.333 e. The second-order valence-electron chi connectivity index (χ2n) is 6.08. The van der Waals surface area contributed by atoms with Crippen molar-refractivity contribution in [2.24, 2.45) is 0 Å². The van der Waals surface area contributed by atoms with E-state index in [9.17, 15) is 24.3 Å². The van der Waals surface area contributed by atoms with Gasteiger partial charge in [-0.2, -0.15) is 11.8 Å². The molecule has 0 radical (unpaired) electrons. The van der Waals surface area contributed by atoms with Gasteiger partial charge in [-0.3, -0.25) is 9.59 Å². The first-order valence-corrected chi connectivity index (χ1v) is 8.95. The van der Waals surface area contributed by atoms with E-state index in [1.54, 1.807) is 11.8 Å². The summed E-state index contributed by atoms with van der Waals surface area (Å²) in [6, 6.07) is 0.188. The number of carbonyl (C=O) groups excluding carboxylic acids is 4. The van der Waals surface area contributed by atoms with E-state index >= 15 is 0 Å². The highest BCUT2D eigenvalue weighted by Gasteiger charge is 2.43. The van der Waals surface area contributed by atoms with E-state index in [-0.39, 0.29) is 31.0 Å². The quantitative estimate of drug-likeness (QED) is 0.326.